The van der Waals surface area contributed by atoms with Crippen LogP contribution in [-0.4, -0.2) is 54.6 Å². The van der Waals surface area contributed by atoms with Crippen molar-refractivity contribution in [2.75, 3.05) is 11.9 Å². The first kappa shape index (κ1) is 14.4. The molecule has 0 aromatic carbocycles. The molecule has 1 fully saturated rings. The van der Waals surface area contributed by atoms with Gasteiger partial charge in [0.2, 0.25) is 5.95 Å². The Labute approximate surface area is 122 Å². The normalized spacial score (nSPS) is 24.7. The number of nitrogens with one attached hydrogen (secondary N) is 2. The first-order valence-electron chi connectivity index (χ1n) is 6.47. The van der Waals surface area contributed by atoms with Crippen LogP contribution in [-0.2, 0) is 4.74 Å². The summed E-state index contributed by atoms with van der Waals surface area (Å²) in [7, 11) is 0. The van der Waals surface area contributed by atoms with Gasteiger partial charge in [0.25, 0.3) is 5.56 Å². The van der Waals surface area contributed by atoms with Crippen LogP contribution >= 0.6 is 0 Å². The van der Waals surface area contributed by atoms with E-state index in [2.05, 4.69) is 20.3 Å². The molecule has 0 aliphatic carbocycles. The number of urea groups is 1. The molecule has 0 radical (unpaired) electrons. The Balaban J connectivity index is 2.02. The largest absolute Gasteiger partial charge is 0.394 e. The van der Waals surface area contributed by atoms with Crippen LogP contribution in [0.3, 0.4) is 0 Å². The van der Waals surface area contributed by atoms with Crippen LogP contribution < -0.4 is 16.6 Å². The van der Waals surface area contributed by atoms with Gasteiger partial charge in [0, 0.05) is 6.42 Å². The number of carbonyl (C=O) groups excluding carboxylic acids is 1. The van der Waals surface area contributed by atoms with E-state index >= 15 is 0 Å². The molecule has 2 aromatic rings. The molecule has 118 valence electrons. The van der Waals surface area contributed by atoms with Gasteiger partial charge in [0.05, 0.1) is 19.0 Å². The number of rotatable bonds is 3. The van der Waals surface area contributed by atoms with Gasteiger partial charge in [0.1, 0.15) is 12.3 Å². The number of nitrogens with two attached hydrogens (primary N) is 1. The average molecular weight is 310 g/mol. The van der Waals surface area contributed by atoms with Crippen molar-refractivity contribution in [3.8, 4) is 0 Å². The van der Waals surface area contributed by atoms with Gasteiger partial charge in [0.15, 0.2) is 11.2 Å². The molecule has 22 heavy (non-hydrogen) atoms. The number of aromatic amines is 1. The van der Waals surface area contributed by atoms with Crippen LogP contribution in [0.4, 0.5) is 10.7 Å². The molecule has 1 aliphatic rings. The Morgan fingerprint density at radius 2 is 2.41 bits per heavy atom. The summed E-state index contributed by atoms with van der Waals surface area (Å²) < 4.78 is 6.95. The predicted octanol–water partition coefficient (Wildman–Crippen LogP) is -1.75. The number of hydrogen-bond donors (Lipinski definition) is 5. The number of aliphatic hydroxyl groups excluding tert-OH is 2. The first-order valence-corrected chi connectivity index (χ1v) is 6.47. The lowest BCUT2D eigenvalue weighted by molar-refractivity contribution is -0.0432. The fourth-order valence-electron chi connectivity index (χ4n) is 2.36. The molecule has 11 nitrogen and oxygen atoms in total. The molecule has 0 spiro atoms. The van der Waals surface area contributed by atoms with Crippen LogP contribution in [0.1, 0.15) is 12.6 Å². The predicted molar refractivity (Wildman–Crippen MR) is 73.0 cm³/mol. The third-order valence-electron chi connectivity index (χ3n) is 3.37. The Bertz CT molecular complexity index is 770. The molecular formula is C11H14N6O5. The van der Waals surface area contributed by atoms with Gasteiger partial charge >= 0.3 is 6.03 Å². The molecule has 2 aromatic heterocycles. The molecule has 0 bridgehead atoms. The topological polar surface area (TPSA) is 168 Å². The second kappa shape index (κ2) is 5.36. The molecule has 0 saturated carbocycles. The molecule has 1 saturated heterocycles. The highest BCUT2D eigenvalue weighted by atomic mass is 16.5. The third-order valence-corrected chi connectivity index (χ3v) is 3.37. The maximum absolute atomic E-state index is 11.9. The lowest BCUT2D eigenvalue weighted by Crippen LogP contribution is -2.24. The minimum Gasteiger partial charge on any atom is -0.394 e. The highest BCUT2D eigenvalue weighted by molar-refractivity contribution is 5.86. The van der Waals surface area contributed by atoms with Gasteiger partial charge < -0.3 is 20.7 Å². The number of hydrogen-bond acceptors (Lipinski definition) is 7. The number of amides is 2. The van der Waals surface area contributed by atoms with E-state index in [0.29, 0.717) is 0 Å². The number of primary amides is 1. The van der Waals surface area contributed by atoms with Crippen LogP contribution in [0.2, 0.25) is 0 Å². The van der Waals surface area contributed by atoms with E-state index in [-0.39, 0.29) is 30.1 Å². The van der Waals surface area contributed by atoms with Crippen LogP contribution in [0, 0.1) is 0 Å². The monoisotopic (exact) mass is 310 g/mol. The van der Waals surface area contributed by atoms with Crippen molar-refractivity contribution in [1.82, 2.24) is 19.5 Å². The van der Waals surface area contributed by atoms with E-state index in [9.17, 15) is 14.7 Å². The van der Waals surface area contributed by atoms with Crippen molar-refractivity contribution >= 4 is 23.1 Å². The minimum atomic E-state index is -0.874. The third kappa shape index (κ3) is 2.41. The smallest absolute Gasteiger partial charge is 0.318 e. The molecule has 1 aliphatic heterocycles. The summed E-state index contributed by atoms with van der Waals surface area (Å²) in [5.41, 5.74) is 4.66. The van der Waals surface area contributed by atoms with Crippen LogP contribution in [0.5, 0.6) is 0 Å². The van der Waals surface area contributed by atoms with Gasteiger partial charge in [-0.3, -0.25) is 19.7 Å². The standard InChI is InChI=1S/C11H14N6O5/c12-10(21)16-11-14-8-7(9(20)15-11)13-3-17(8)6-1-4(19)5(2-18)22-6/h3-6,18-19H,1-2H2,(H4,12,14,15,16,20,21)/t4-,5+,6+/m0/s1. The van der Waals surface area contributed by atoms with Gasteiger partial charge in [-0.25, -0.2) is 9.78 Å². The first-order chi connectivity index (χ1) is 10.5. The van der Waals surface area contributed by atoms with E-state index in [1.54, 1.807) is 0 Å². The molecule has 3 atom stereocenters. The van der Waals surface area contributed by atoms with Gasteiger partial charge in [-0.05, 0) is 0 Å². The lowest BCUT2D eigenvalue weighted by Gasteiger charge is -2.13. The van der Waals surface area contributed by atoms with E-state index in [4.69, 9.17) is 15.6 Å². The zero-order valence-corrected chi connectivity index (χ0v) is 11.3. The fraction of sp³-hybridized carbons (Fsp3) is 0.455. The molecule has 11 heteroatoms. The lowest BCUT2D eigenvalue weighted by atomic mass is 10.2. The summed E-state index contributed by atoms with van der Waals surface area (Å²) in [6.07, 6.45) is -0.625. The summed E-state index contributed by atoms with van der Waals surface area (Å²) in [5.74, 6) is -0.121. The summed E-state index contributed by atoms with van der Waals surface area (Å²) in [6, 6.07) is -0.874. The van der Waals surface area contributed by atoms with Crippen molar-refractivity contribution in [3.63, 3.8) is 0 Å². The Kier molecular flexibility index (Phi) is 3.52. The molecule has 3 heterocycles. The summed E-state index contributed by atoms with van der Waals surface area (Å²) in [4.78, 5) is 33.1. The van der Waals surface area contributed by atoms with Gasteiger partial charge in [-0.1, -0.05) is 0 Å². The fourth-order valence-corrected chi connectivity index (χ4v) is 2.36. The number of anilines is 1. The Morgan fingerprint density at radius 3 is 3.05 bits per heavy atom. The molecule has 6 N–H and O–H groups in total. The highest BCUT2D eigenvalue weighted by Crippen LogP contribution is 2.30. The number of nitrogens with zero attached hydrogens (tertiary/aromatic N) is 3. The quantitative estimate of drug-likeness (QED) is 0.447. The number of fused-ring (bicyclic) bond motifs is 1. The van der Waals surface area contributed by atoms with E-state index in [1.165, 1.54) is 10.9 Å². The number of carbonyl (C=O) groups is 1. The maximum Gasteiger partial charge on any atom is 0.318 e. The second-order valence-corrected chi connectivity index (χ2v) is 4.84. The van der Waals surface area contributed by atoms with E-state index in [0.717, 1.165) is 0 Å². The number of H-pyrrole nitrogens is 1. The molecule has 3 rings (SSSR count). The van der Waals surface area contributed by atoms with Crippen LogP contribution in [0.25, 0.3) is 11.2 Å². The summed E-state index contributed by atoms with van der Waals surface area (Å²) in [5, 5.41) is 21.1. The van der Waals surface area contributed by atoms with E-state index < -0.39 is 30.0 Å². The minimum absolute atomic E-state index is 0.0561. The van der Waals surface area contributed by atoms with Crippen molar-refractivity contribution < 1.29 is 19.7 Å². The average Bonchev–Trinajstić information content (AvgIpc) is 3.01. The number of aromatic nitrogens is 4. The SMILES string of the molecule is NC(=O)Nc1nc2c(ncn2[C@H]2C[C@H](O)[C@@H](CO)O2)c(=O)[nH]1. The maximum atomic E-state index is 11.9. The summed E-state index contributed by atoms with van der Waals surface area (Å²) >= 11 is 0. The van der Waals surface area contributed by atoms with Crippen molar-refractivity contribution in [2.45, 2.75) is 24.9 Å². The summed E-state index contributed by atoms with van der Waals surface area (Å²) in [6.45, 7) is -0.327. The van der Waals surface area contributed by atoms with Gasteiger partial charge in [-0.15, -0.1) is 0 Å². The van der Waals surface area contributed by atoms with Crippen molar-refractivity contribution in [1.29, 1.82) is 0 Å². The molecule has 0 unspecified atom stereocenters. The number of imidazole rings is 1. The number of aliphatic hydroxyl groups is 2. The Hall–Kier alpha value is -2.50. The van der Waals surface area contributed by atoms with Crippen molar-refractivity contribution in [3.05, 3.63) is 16.7 Å². The molecular weight excluding hydrogens is 296 g/mol. The van der Waals surface area contributed by atoms with Crippen LogP contribution in [0.15, 0.2) is 11.1 Å². The van der Waals surface area contributed by atoms with E-state index in [1.807, 2.05) is 0 Å². The number of ether oxygens (including phenoxy) is 1. The molecule has 2 amide bonds. The van der Waals surface area contributed by atoms with Crippen molar-refractivity contribution in [2.24, 2.45) is 5.73 Å². The highest BCUT2D eigenvalue weighted by Gasteiger charge is 2.35. The zero-order chi connectivity index (χ0) is 15.9. The second-order valence-electron chi connectivity index (χ2n) is 4.84. The van der Waals surface area contributed by atoms with Gasteiger partial charge in [-0.2, -0.15) is 4.98 Å². The Morgan fingerprint density at radius 1 is 1.64 bits per heavy atom. The zero-order valence-electron chi connectivity index (χ0n) is 11.3.